The van der Waals surface area contributed by atoms with Crippen LogP contribution in [-0.2, 0) is 18.6 Å². The molecule has 2 aromatic carbocycles. The van der Waals surface area contributed by atoms with Gasteiger partial charge in [0.05, 0.1) is 0 Å². The second kappa shape index (κ2) is 10.2. The van der Waals surface area contributed by atoms with E-state index in [4.69, 9.17) is 23.0 Å². The van der Waals surface area contributed by atoms with Gasteiger partial charge in [0.25, 0.3) is 0 Å². The van der Waals surface area contributed by atoms with Crippen molar-refractivity contribution in [2.75, 3.05) is 19.8 Å². The van der Waals surface area contributed by atoms with Crippen LogP contribution in [0.15, 0.2) is 60.7 Å². The number of rotatable bonds is 11. The van der Waals surface area contributed by atoms with Crippen LogP contribution in [0.2, 0.25) is 0 Å². The fourth-order valence-corrected chi connectivity index (χ4v) is 3.17. The van der Waals surface area contributed by atoms with Gasteiger partial charge in [-0.15, -0.1) is 0 Å². The van der Waals surface area contributed by atoms with Gasteiger partial charge in [-0.1, -0.05) is 36.4 Å². The minimum atomic E-state index is -3.92. The molecule has 0 heterocycles. The molecule has 0 radical (unpaired) electrons. The van der Waals surface area contributed by atoms with Crippen molar-refractivity contribution in [3.8, 4) is 11.5 Å². The Kier molecular flexibility index (Phi) is 7.95. The molecular weight excluding hydrogens is 343 g/mol. The predicted octanol–water partition coefficient (Wildman–Crippen LogP) is 4.67. The summed E-state index contributed by atoms with van der Waals surface area (Å²) in [4.78, 5) is 0. The molecule has 0 amide bonds. The summed E-state index contributed by atoms with van der Waals surface area (Å²) in [5.41, 5.74) is 0. The van der Waals surface area contributed by atoms with E-state index in [0.717, 1.165) is 0 Å². The Hall–Kier alpha value is -1.85. The van der Waals surface area contributed by atoms with E-state index in [1.54, 1.807) is 48.5 Å². The van der Waals surface area contributed by atoms with Crippen molar-refractivity contribution >= 4 is 7.82 Å². The van der Waals surface area contributed by atoms with Crippen LogP contribution in [0.4, 0.5) is 0 Å². The molecule has 0 fully saturated rings. The van der Waals surface area contributed by atoms with Crippen LogP contribution >= 0.6 is 7.82 Å². The molecule has 25 heavy (non-hydrogen) atoms. The van der Waals surface area contributed by atoms with Gasteiger partial charge < -0.3 is 18.5 Å². The van der Waals surface area contributed by atoms with Crippen LogP contribution in [0.25, 0.3) is 0 Å². The molecule has 0 saturated heterocycles. The lowest BCUT2D eigenvalue weighted by molar-refractivity contribution is -0.154. The molecule has 0 N–H and O–H groups in total. The van der Waals surface area contributed by atoms with Crippen molar-refractivity contribution in [3.63, 3.8) is 0 Å². The Morgan fingerprint density at radius 1 is 0.800 bits per heavy atom. The summed E-state index contributed by atoms with van der Waals surface area (Å²) < 4.78 is 40.4. The fraction of sp³-hybridized carbons (Fsp3) is 0.333. The zero-order valence-corrected chi connectivity index (χ0v) is 15.3. The van der Waals surface area contributed by atoms with Crippen molar-refractivity contribution in [1.29, 1.82) is 0 Å². The molecule has 0 bridgehead atoms. The van der Waals surface area contributed by atoms with Crippen molar-refractivity contribution in [2.45, 2.75) is 20.1 Å². The van der Waals surface area contributed by atoms with E-state index in [0.29, 0.717) is 24.7 Å². The molecule has 0 unspecified atom stereocenters. The summed E-state index contributed by atoms with van der Waals surface area (Å²) in [5, 5.41) is 0. The van der Waals surface area contributed by atoms with Crippen LogP contribution in [0, 0.1) is 0 Å². The van der Waals surface area contributed by atoms with Crippen LogP contribution in [0.1, 0.15) is 13.8 Å². The molecular formula is C18H23O6P. The zero-order chi connectivity index (χ0) is 18.0. The van der Waals surface area contributed by atoms with E-state index >= 15 is 0 Å². The van der Waals surface area contributed by atoms with Gasteiger partial charge in [-0.2, -0.15) is 0 Å². The summed E-state index contributed by atoms with van der Waals surface area (Å²) in [5.74, 6) is 0.761. The molecule has 136 valence electrons. The molecule has 0 atom stereocenters. The van der Waals surface area contributed by atoms with E-state index in [1.807, 2.05) is 26.0 Å². The van der Waals surface area contributed by atoms with Gasteiger partial charge in [-0.25, -0.2) is 4.57 Å². The standard InChI is InChI=1S/C18H23O6P/c1-3-20-18(21-4-2)15-22-25(19,23-16-11-7-5-8-12-16)24-17-13-9-6-10-14-17/h5-14,18H,3-4,15H2,1-2H3. The maximum atomic E-state index is 13.1. The van der Waals surface area contributed by atoms with Crippen molar-refractivity contribution in [2.24, 2.45) is 0 Å². The average molecular weight is 366 g/mol. The first-order chi connectivity index (χ1) is 12.1. The largest absolute Gasteiger partial charge is 0.587 e. The average Bonchev–Trinajstić information content (AvgIpc) is 2.62. The van der Waals surface area contributed by atoms with Gasteiger partial charge in [0, 0.05) is 13.2 Å². The van der Waals surface area contributed by atoms with Crippen molar-refractivity contribution in [3.05, 3.63) is 60.7 Å². The van der Waals surface area contributed by atoms with Gasteiger partial charge in [0.2, 0.25) is 0 Å². The SMILES string of the molecule is CCOC(COP(=O)(Oc1ccccc1)Oc1ccccc1)OCC. The van der Waals surface area contributed by atoms with Gasteiger partial charge in [-0.3, -0.25) is 4.52 Å². The van der Waals surface area contributed by atoms with E-state index in [9.17, 15) is 4.57 Å². The monoisotopic (exact) mass is 366 g/mol. The summed E-state index contributed by atoms with van der Waals surface area (Å²) in [7, 11) is -3.92. The summed E-state index contributed by atoms with van der Waals surface area (Å²) in [6.45, 7) is 4.48. The van der Waals surface area contributed by atoms with Gasteiger partial charge >= 0.3 is 7.82 Å². The molecule has 2 aromatic rings. The molecule has 0 aliphatic heterocycles. The predicted molar refractivity (Wildman–Crippen MR) is 94.7 cm³/mol. The van der Waals surface area contributed by atoms with Gasteiger partial charge in [-0.05, 0) is 38.1 Å². The number of benzene rings is 2. The maximum absolute atomic E-state index is 13.1. The lowest BCUT2D eigenvalue weighted by Gasteiger charge is -2.22. The summed E-state index contributed by atoms with van der Waals surface area (Å²) >= 11 is 0. The first kappa shape index (κ1) is 19.5. The first-order valence-electron chi connectivity index (χ1n) is 8.12. The lowest BCUT2D eigenvalue weighted by atomic mass is 10.3. The molecule has 0 saturated carbocycles. The quantitative estimate of drug-likeness (QED) is 0.425. The molecule has 0 aliphatic rings. The minimum absolute atomic E-state index is 0.0847. The zero-order valence-electron chi connectivity index (χ0n) is 14.4. The second-order valence-corrected chi connectivity index (χ2v) is 6.41. The highest BCUT2D eigenvalue weighted by Crippen LogP contribution is 2.49. The molecule has 0 aromatic heterocycles. The Morgan fingerprint density at radius 3 is 1.64 bits per heavy atom. The number of para-hydroxylation sites is 2. The number of phosphoric ester groups is 1. The van der Waals surface area contributed by atoms with E-state index in [1.165, 1.54) is 0 Å². The highest BCUT2D eigenvalue weighted by Gasteiger charge is 2.32. The van der Waals surface area contributed by atoms with Crippen molar-refractivity contribution in [1.82, 2.24) is 0 Å². The third kappa shape index (κ3) is 6.88. The number of hydrogen-bond donors (Lipinski definition) is 0. The molecule has 0 aliphatic carbocycles. The maximum Gasteiger partial charge on any atom is 0.587 e. The van der Waals surface area contributed by atoms with Crippen LogP contribution in [0.5, 0.6) is 11.5 Å². The van der Waals surface area contributed by atoms with Gasteiger partial charge in [0.1, 0.15) is 18.1 Å². The van der Waals surface area contributed by atoms with Crippen LogP contribution in [0.3, 0.4) is 0 Å². The third-order valence-electron chi connectivity index (χ3n) is 2.99. The normalized spacial score (nSPS) is 11.5. The minimum Gasteiger partial charge on any atom is -0.395 e. The smallest absolute Gasteiger partial charge is 0.395 e. The molecule has 2 rings (SSSR count). The highest BCUT2D eigenvalue weighted by atomic mass is 31.2. The molecule has 6 nitrogen and oxygen atoms in total. The Balaban J connectivity index is 2.11. The molecule has 0 spiro atoms. The van der Waals surface area contributed by atoms with Crippen molar-refractivity contribution < 1.29 is 27.6 Å². The van der Waals surface area contributed by atoms with Gasteiger partial charge in [0.15, 0.2) is 6.29 Å². The fourth-order valence-electron chi connectivity index (χ4n) is 1.96. The van der Waals surface area contributed by atoms with Crippen LogP contribution in [-0.4, -0.2) is 26.1 Å². The Morgan fingerprint density at radius 2 is 1.24 bits per heavy atom. The summed E-state index contributed by atoms with van der Waals surface area (Å²) in [6, 6.07) is 17.4. The second-order valence-electron chi connectivity index (χ2n) is 4.89. The number of phosphoric acid groups is 1. The molecule has 7 heteroatoms. The number of ether oxygens (including phenoxy) is 2. The van der Waals surface area contributed by atoms with E-state index in [-0.39, 0.29) is 6.61 Å². The number of hydrogen-bond acceptors (Lipinski definition) is 6. The Bertz CT molecular complexity index is 598. The lowest BCUT2D eigenvalue weighted by Crippen LogP contribution is -2.24. The highest BCUT2D eigenvalue weighted by molar-refractivity contribution is 7.49. The third-order valence-corrected chi connectivity index (χ3v) is 4.33. The van der Waals surface area contributed by atoms with Crippen LogP contribution < -0.4 is 9.05 Å². The van der Waals surface area contributed by atoms with E-state index < -0.39 is 14.1 Å². The first-order valence-corrected chi connectivity index (χ1v) is 9.58. The van der Waals surface area contributed by atoms with E-state index in [2.05, 4.69) is 0 Å². The topological polar surface area (TPSA) is 63.2 Å². The Labute approximate surface area is 148 Å². The summed E-state index contributed by atoms with van der Waals surface area (Å²) in [6.07, 6.45) is -0.651.